The SMILES string of the molecule is COc1ccc(C(=O)C2CC2c2cccs2)cc1. The Balaban J connectivity index is 1.72. The van der Waals surface area contributed by atoms with Crippen LogP contribution in [0.1, 0.15) is 27.6 Å². The predicted molar refractivity (Wildman–Crippen MR) is 72.5 cm³/mol. The number of Topliss-reactive ketones (excluding diaryl/α,β-unsaturated/α-hetero) is 1. The van der Waals surface area contributed by atoms with E-state index in [4.69, 9.17) is 4.74 Å². The van der Waals surface area contributed by atoms with E-state index in [0.29, 0.717) is 5.92 Å². The second-order valence-corrected chi connectivity index (χ2v) is 5.54. The van der Waals surface area contributed by atoms with Gasteiger partial charge >= 0.3 is 0 Å². The monoisotopic (exact) mass is 258 g/mol. The van der Waals surface area contributed by atoms with Crippen LogP contribution in [0.25, 0.3) is 0 Å². The van der Waals surface area contributed by atoms with E-state index < -0.39 is 0 Å². The highest BCUT2D eigenvalue weighted by atomic mass is 32.1. The van der Waals surface area contributed by atoms with Crippen molar-refractivity contribution in [1.29, 1.82) is 0 Å². The zero-order chi connectivity index (χ0) is 12.5. The van der Waals surface area contributed by atoms with Gasteiger partial charge in [-0.15, -0.1) is 11.3 Å². The third-order valence-electron chi connectivity index (χ3n) is 3.41. The first-order valence-electron chi connectivity index (χ1n) is 6.01. The van der Waals surface area contributed by atoms with E-state index in [-0.39, 0.29) is 11.7 Å². The standard InChI is InChI=1S/C15H14O2S/c1-17-11-6-4-10(5-7-11)15(16)13-9-12(13)14-3-2-8-18-14/h2-8,12-13H,9H2,1H3. The summed E-state index contributed by atoms with van der Waals surface area (Å²) in [4.78, 5) is 13.6. The van der Waals surface area contributed by atoms with Gasteiger partial charge in [0.25, 0.3) is 0 Å². The van der Waals surface area contributed by atoms with E-state index in [0.717, 1.165) is 17.7 Å². The Bertz CT molecular complexity index is 542. The average Bonchev–Trinajstić information content (AvgIpc) is 3.03. The van der Waals surface area contributed by atoms with Crippen molar-refractivity contribution in [3.63, 3.8) is 0 Å². The summed E-state index contributed by atoms with van der Waals surface area (Å²) >= 11 is 1.74. The number of rotatable bonds is 4. The van der Waals surface area contributed by atoms with Gasteiger partial charge in [-0.2, -0.15) is 0 Å². The lowest BCUT2D eigenvalue weighted by Crippen LogP contribution is -2.02. The smallest absolute Gasteiger partial charge is 0.166 e. The van der Waals surface area contributed by atoms with Crippen LogP contribution < -0.4 is 4.74 Å². The molecule has 0 radical (unpaired) electrons. The molecule has 1 aliphatic rings. The highest BCUT2D eigenvalue weighted by molar-refractivity contribution is 7.10. The summed E-state index contributed by atoms with van der Waals surface area (Å²) in [7, 11) is 1.63. The van der Waals surface area contributed by atoms with Gasteiger partial charge in [0.2, 0.25) is 0 Å². The molecule has 92 valence electrons. The van der Waals surface area contributed by atoms with Gasteiger partial charge in [-0.1, -0.05) is 6.07 Å². The van der Waals surface area contributed by atoms with Crippen molar-refractivity contribution in [3.05, 3.63) is 52.2 Å². The second-order valence-electron chi connectivity index (χ2n) is 4.56. The van der Waals surface area contributed by atoms with Gasteiger partial charge in [-0.3, -0.25) is 4.79 Å². The molecule has 0 aliphatic heterocycles. The second kappa shape index (κ2) is 4.58. The number of thiophene rings is 1. The van der Waals surface area contributed by atoms with Gasteiger partial charge < -0.3 is 4.74 Å². The van der Waals surface area contributed by atoms with Crippen molar-refractivity contribution in [2.45, 2.75) is 12.3 Å². The van der Waals surface area contributed by atoms with Gasteiger partial charge in [0.05, 0.1) is 7.11 Å². The van der Waals surface area contributed by atoms with Gasteiger partial charge in [0, 0.05) is 22.3 Å². The van der Waals surface area contributed by atoms with Crippen LogP contribution in [0.3, 0.4) is 0 Å². The molecule has 0 saturated heterocycles. The molecule has 1 saturated carbocycles. The summed E-state index contributed by atoms with van der Waals surface area (Å²) in [6.07, 6.45) is 0.991. The number of benzene rings is 1. The molecule has 1 heterocycles. The molecule has 1 aliphatic carbocycles. The van der Waals surface area contributed by atoms with Crippen molar-refractivity contribution < 1.29 is 9.53 Å². The third kappa shape index (κ3) is 2.06. The van der Waals surface area contributed by atoms with E-state index in [1.165, 1.54) is 4.88 Å². The first kappa shape index (κ1) is 11.5. The minimum atomic E-state index is 0.178. The molecule has 1 aromatic heterocycles. The molecule has 1 aromatic carbocycles. The van der Waals surface area contributed by atoms with E-state index in [1.54, 1.807) is 18.4 Å². The molecule has 0 amide bonds. The Morgan fingerprint density at radius 1 is 1.28 bits per heavy atom. The number of ether oxygens (including phenoxy) is 1. The summed E-state index contributed by atoms with van der Waals surface area (Å²) in [5.74, 6) is 1.67. The lowest BCUT2D eigenvalue weighted by atomic mass is 10.1. The summed E-state index contributed by atoms with van der Waals surface area (Å²) < 4.78 is 5.10. The quantitative estimate of drug-likeness (QED) is 0.781. The Morgan fingerprint density at radius 2 is 2.06 bits per heavy atom. The molecule has 0 spiro atoms. The van der Waals surface area contributed by atoms with Crippen LogP contribution in [0.4, 0.5) is 0 Å². The van der Waals surface area contributed by atoms with Crippen LogP contribution >= 0.6 is 11.3 Å². The maximum Gasteiger partial charge on any atom is 0.166 e. The third-order valence-corrected chi connectivity index (χ3v) is 4.41. The van der Waals surface area contributed by atoms with E-state index in [2.05, 4.69) is 11.4 Å². The predicted octanol–water partition coefficient (Wildman–Crippen LogP) is 3.74. The van der Waals surface area contributed by atoms with E-state index >= 15 is 0 Å². The molecule has 0 bridgehead atoms. The Kier molecular flexibility index (Phi) is 2.92. The minimum absolute atomic E-state index is 0.178. The molecular formula is C15H14O2S. The summed E-state index contributed by atoms with van der Waals surface area (Å²) in [6.45, 7) is 0. The largest absolute Gasteiger partial charge is 0.497 e. The van der Waals surface area contributed by atoms with Crippen molar-refractivity contribution in [1.82, 2.24) is 0 Å². The molecule has 18 heavy (non-hydrogen) atoms. The maximum absolute atomic E-state index is 12.3. The topological polar surface area (TPSA) is 26.3 Å². The number of hydrogen-bond acceptors (Lipinski definition) is 3. The fourth-order valence-electron chi connectivity index (χ4n) is 2.27. The fourth-order valence-corrected chi connectivity index (χ4v) is 3.18. The number of carbonyl (C=O) groups is 1. The molecule has 2 nitrogen and oxygen atoms in total. The van der Waals surface area contributed by atoms with Gasteiger partial charge in [-0.05, 0) is 42.1 Å². The molecule has 2 unspecified atom stereocenters. The molecule has 2 aromatic rings. The van der Waals surface area contributed by atoms with Gasteiger partial charge in [0.15, 0.2) is 5.78 Å². The van der Waals surface area contributed by atoms with Crippen LogP contribution in [0, 0.1) is 5.92 Å². The van der Waals surface area contributed by atoms with E-state index in [9.17, 15) is 4.79 Å². The first-order valence-corrected chi connectivity index (χ1v) is 6.89. The van der Waals surface area contributed by atoms with Crippen LogP contribution in [-0.2, 0) is 0 Å². The molecule has 3 rings (SSSR count). The minimum Gasteiger partial charge on any atom is -0.497 e. The molecular weight excluding hydrogens is 244 g/mol. The van der Waals surface area contributed by atoms with Crippen LogP contribution in [-0.4, -0.2) is 12.9 Å². The Hall–Kier alpha value is -1.61. The summed E-state index contributed by atoms with van der Waals surface area (Å²) in [5, 5.41) is 2.07. The lowest BCUT2D eigenvalue weighted by Gasteiger charge is -2.02. The normalized spacial score (nSPS) is 21.6. The lowest BCUT2D eigenvalue weighted by molar-refractivity contribution is 0.0965. The Morgan fingerprint density at radius 3 is 2.67 bits per heavy atom. The van der Waals surface area contributed by atoms with Crippen molar-refractivity contribution in [2.24, 2.45) is 5.92 Å². The highest BCUT2D eigenvalue weighted by Crippen LogP contribution is 2.50. The van der Waals surface area contributed by atoms with Crippen LogP contribution in [0.15, 0.2) is 41.8 Å². The number of ketones is 1. The fraction of sp³-hybridized carbons (Fsp3) is 0.267. The molecule has 1 fully saturated rings. The molecule has 2 atom stereocenters. The average molecular weight is 258 g/mol. The highest BCUT2D eigenvalue weighted by Gasteiger charge is 2.44. The van der Waals surface area contributed by atoms with Crippen LogP contribution in [0.2, 0.25) is 0 Å². The zero-order valence-corrected chi connectivity index (χ0v) is 10.9. The van der Waals surface area contributed by atoms with Crippen molar-refractivity contribution >= 4 is 17.1 Å². The summed E-state index contributed by atoms with van der Waals surface area (Å²) in [5.41, 5.74) is 0.792. The zero-order valence-electron chi connectivity index (χ0n) is 10.1. The number of carbonyl (C=O) groups excluding carboxylic acids is 1. The van der Waals surface area contributed by atoms with Gasteiger partial charge in [0.1, 0.15) is 5.75 Å². The van der Waals surface area contributed by atoms with Crippen molar-refractivity contribution in [2.75, 3.05) is 7.11 Å². The van der Waals surface area contributed by atoms with Gasteiger partial charge in [-0.25, -0.2) is 0 Å². The van der Waals surface area contributed by atoms with Crippen molar-refractivity contribution in [3.8, 4) is 5.75 Å². The Labute approximate surface area is 110 Å². The van der Waals surface area contributed by atoms with E-state index in [1.807, 2.05) is 30.3 Å². The first-order chi connectivity index (χ1) is 8.79. The molecule has 3 heteroatoms. The summed E-state index contributed by atoms with van der Waals surface area (Å²) in [6, 6.07) is 11.6. The number of hydrogen-bond donors (Lipinski definition) is 0. The molecule has 0 N–H and O–H groups in total. The van der Waals surface area contributed by atoms with Crippen LogP contribution in [0.5, 0.6) is 5.75 Å². The number of methoxy groups -OCH3 is 1. The maximum atomic E-state index is 12.3.